The van der Waals surface area contributed by atoms with Crippen LogP contribution in [-0.2, 0) is 16.0 Å². The molecule has 1 fully saturated rings. The molecule has 0 saturated heterocycles. The summed E-state index contributed by atoms with van der Waals surface area (Å²) in [5, 5.41) is 10.0. The summed E-state index contributed by atoms with van der Waals surface area (Å²) in [6.07, 6.45) is 2.59. The number of methoxy groups -OCH3 is 2. The van der Waals surface area contributed by atoms with Gasteiger partial charge in [0.05, 0.1) is 19.7 Å². The summed E-state index contributed by atoms with van der Waals surface area (Å²) >= 11 is 0. The Morgan fingerprint density at radius 1 is 1.00 bits per heavy atom. The van der Waals surface area contributed by atoms with Gasteiger partial charge in [-0.05, 0) is 42.7 Å². The molecule has 154 valence electrons. The first-order valence-corrected chi connectivity index (χ1v) is 9.51. The van der Waals surface area contributed by atoms with Gasteiger partial charge in [-0.2, -0.15) is 0 Å². The van der Waals surface area contributed by atoms with Crippen LogP contribution in [0.5, 0.6) is 23.0 Å². The van der Waals surface area contributed by atoms with Crippen LogP contribution in [0, 0.1) is 5.41 Å². The minimum absolute atomic E-state index is 0.0990. The van der Waals surface area contributed by atoms with Gasteiger partial charge in [0.15, 0.2) is 17.3 Å². The van der Waals surface area contributed by atoms with Crippen molar-refractivity contribution in [2.75, 3.05) is 14.2 Å². The molecular formula is C23H21NO6. The molecule has 0 bridgehead atoms. The Bertz CT molecular complexity index is 1120. The molecule has 7 heteroatoms. The van der Waals surface area contributed by atoms with Crippen molar-refractivity contribution in [3.63, 3.8) is 0 Å². The minimum Gasteiger partial charge on any atom is -0.493 e. The van der Waals surface area contributed by atoms with Crippen LogP contribution in [0.15, 0.2) is 48.7 Å². The van der Waals surface area contributed by atoms with Gasteiger partial charge in [0.1, 0.15) is 16.9 Å². The number of carboxylic acids is 1. The van der Waals surface area contributed by atoms with Gasteiger partial charge in [-0.3, -0.25) is 14.6 Å². The first-order valence-electron chi connectivity index (χ1n) is 9.51. The lowest BCUT2D eigenvalue weighted by Gasteiger charge is -2.13. The number of benzene rings is 2. The van der Waals surface area contributed by atoms with E-state index in [-0.39, 0.29) is 12.2 Å². The van der Waals surface area contributed by atoms with Crippen LogP contribution in [0.25, 0.3) is 10.9 Å². The zero-order valence-electron chi connectivity index (χ0n) is 16.7. The van der Waals surface area contributed by atoms with E-state index in [0.29, 0.717) is 41.4 Å². The molecule has 0 spiro atoms. The molecule has 1 N–H and O–H groups in total. The second-order valence-corrected chi connectivity index (χ2v) is 7.27. The zero-order chi connectivity index (χ0) is 21.3. The molecule has 1 heterocycles. The van der Waals surface area contributed by atoms with Crippen molar-refractivity contribution in [2.45, 2.75) is 19.3 Å². The lowest BCUT2D eigenvalue weighted by Crippen LogP contribution is -2.26. The van der Waals surface area contributed by atoms with Crippen LogP contribution >= 0.6 is 0 Å². The molecule has 4 rings (SSSR count). The number of carbonyl (C=O) groups is 2. The first kappa shape index (κ1) is 19.7. The molecule has 0 aliphatic heterocycles. The molecule has 7 nitrogen and oxygen atoms in total. The molecule has 3 aromatic rings. The lowest BCUT2D eigenvalue weighted by atomic mass is 9.95. The summed E-state index contributed by atoms with van der Waals surface area (Å²) in [7, 11) is 3.13. The Morgan fingerprint density at radius 2 is 1.67 bits per heavy atom. The van der Waals surface area contributed by atoms with Crippen molar-refractivity contribution in [2.24, 2.45) is 5.41 Å². The number of ether oxygens (including phenoxy) is 3. The smallest absolute Gasteiger partial charge is 0.317 e. The fourth-order valence-electron chi connectivity index (χ4n) is 3.43. The average molecular weight is 407 g/mol. The van der Waals surface area contributed by atoms with Crippen molar-refractivity contribution in [1.82, 2.24) is 4.98 Å². The molecule has 30 heavy (non-hydrogen) atoms. The summed E-state index contributed by atoms with van der Waals surface area (Å²) in [5.41, 5.74) is 0.284. The van der Waals surface area contributed by atoms with E-state index >= 15 is 0 Å². The molecule has 1 aliphatic rings. The fraction of sp³-hybridized carbons (Fsp3) is 0.261. The number of aliphatic carboxylic acids is 1. The predicted octanol–water partition coefficient (Wildman–Crippen LogP) is 4.02. The molecule has 2 aromatic carbocycles. The third kappa shape index (κ3) is 3.54. The number of carbonyl (C=O) groups excluding carboxylic acids is 1. The molecule has 1 saturated carbocycles. The maximum atomic E-state index is 12.3. The normalized spacial score (nSPS) is 14.2. The van der Waals surface area contributed by atoms with Gasteiger partial charge in [-0.1, -0.05) is 12.1 Å². The number of aromatic nitrogens is 1. The summed E-state index contributed by atoms with van der Waals surface area (Å²) in [5.74, 6) is 1.08. The highest BCUT2D eigenvalue weighted by Crippen LogP contribution is 2.47. The van der Waals surface area contributed by atoms with Gasteiger partial charge in [-0.25, -0.2) is 0 Å². The number of hydrogen-bond donors (Lipinski definition) is 1. The average Bonchev–Trinajstić information content (AvgIpc) is 3.57. The third-order valence-corrected chi connectivity index (χ3v) is 5.42. The number of hydrogen-bond acceptors (Lipinski definition) is 6. The zero-order valence-corrected chi connectivity index (χ0v) is 16.7. The van der Waals surface area contributed by atoms with Gasteiger partial charge in [0.2, 0.25) is 0 Å². The number of Topliss-reactive ketones (excluding diaryl/α,β-unsaturated/α-hetero) is 1. The Labute approximate surface area is 173 Å². The topological polar surface area (TPSA) is 95.0 Å². The summed E-state index contributed by atoms with van der Waals surface area (Å²) in [4.78, 5) is 28.0. The number of nitrogens with zero attached hydrogens (tertiary/aromatic N) is 1. The number of fused-ring (bicyclic) bond motifs is 1. The molecular weight excluding hydrogens is 386 g/mol. The van der Waals surface area contributed by atoms with Crippen LogP contribution in [0.2, 0.25) is 0 Å². The predicted molar refractivity (Wildman–Crippen MR) is 109 cm³/mol. The van der Waals surface area contributed by atoms with E-state index < -0.39 is 11.4 Å². The van der Waals surface area contributed by atoms with Crippen molar-refractivity contribution in [1.29, 1.82) is 0 Å². The number of rotatable bonds is 8. The molecule has 0 radical (unpaired) electrons. The van der Waals surface area contributed by atoms with Crippen molar-refractivity contribution in [3.05, 3.63) is 54.2 Å². The maximum absolute atomic E-state index is 12.3. The third-order valence-electron chi connectivity index (χ3n) is 5.42. The summed E-state index contributed by atoms with van der Waals surface area (Å²) in [6, 6.07) is 12.4. The summed E-state index contributed by atoms with van der Waals surface area (Å²) < 4.78 is 16.7. The maximum Gasteiger partial charge on any atom is 0.317 e. The van der Waals surface area contributed by atoms with Gasteiger partial charge in [0, 0.05) is 24.1 Å². The molecule has 1 aliphatic carbocycles. The number of carboxylic acid groups (broad SMARTS) is 1. The van der Waals surface area contributed by atoms with E-state index in [9.17, 15) is 14.7 Å². The largest absolute Gasteiger partial charge is 0.493 e. The van der Waals surface area contributed by atoms with Gasteiger partial charge >= 0.3 is 5.97 Å². The second-order valence-electron chi connectivity index (χ2n) is 7.27. The standard InChI is InChI=1S/C23H21NO6/c1-28-19-12-16-17(13-20(19)29-2)24-10-7-18(16)30-15-5-3-14(4-6-15)11-21(25)23(8-9-23)22(26)27/h3-7,10,12-13H,8-9,11H2,1-2H3,(H,26,27). The van der Waals surface area contributed by atoms with Gasteiger partial charge < -0.3 is 19.3 Å². The van der Waals surface area contributed by atoms with Crippen molar-refractivity contribution in [3.8, 4) is 23.0 Å². The molecule has 1 aromatic heterocycles. The van der Waals surface area contributed by atoms with Crippen LogP contribution in [0.1, 0.15) is 18.4 Å². The van der Waals surface area contributed by atoms with Crippen molar-refractivity contribution >= 4 is 22.7 Å². The highest BCUT2D eigenvalue weighted by Gasteiger charge is 2.56. The quantitative estimate of drug-likeness (QED) is 0.564. The molecule has 0 amide bonds. The van der Waals surface area contributed by atoms with Crippen LogP contribution < -0.4 is 14.2 Å². The van der Waals surface area contributed by atoms with Crippen LogP contribution in [0.4, 0.5) is 0 Å². The fourth-order valence-corrected chi connectivity index (χ4v) is 3.43. The number of pyridine rings is 1. The minimum atomic E-state index is -1.18. The van der Waals surface area contributed by atoms with E-state index in [1.165, 1.54) is 0 Å². The lowest BCUT2D eigenvalue weighted by molar-refractivity contribution is -0.148. The molecule has 0 atom stereocenters. The highest BCUT2D eigenvalue weighted by atomic mass is 16.5. The Hall–Kier alpha value is -3.61. The monoisotopic (exact) mass is 407 g/mol. The molecule has 0 unspecified atom stereocenters. The Morgan fingerprint density at radius 3 is 2.27 bits per heavy atom. The van der Waals surface area contributed by atoms with Gasteiger partial charge in [-0.15, -0.1) is 0 Å². The van der Waals surface area contributed by atoms with Crippen LogP contribution in [0.3, 0.4) is 0 Å². The Kier molecular flexibility index (Phi) is 5.03. The van der Waals surface area contributed by atoms with E-state index in [0.717, 1.165) is 10.9 Å². The van der Waals surface area contributed by atoms with Gasteiger partial charge in [0.25, 0.3) is 0 Å². The van der Waals surface area contributed by atoms with E-state index in [2.05, 4.69) is 4.98 Å². The van der Waals surface area contributed by atoms with Crippen molar-refractivity contribution < 1.29 is 28.9 Å². The second kappa shape index (κ2) is 7.67. The first-order chi connectivity index (χ1) is 14.5. The van der Waals surface area contributed by atoms with E-state index in [4.69, 9.17) is 14.2 Å². The SMILES string of the molecule is COc1cc2nccc(Oc3ccc(CC(=O)C4(C(=O)O)CC4)cc3)c2cc1OC. The van der Waals surface area contributed by atoms with E-state index in [1.54, 1.807) is 56.8 Å². The Balaban J connectivity index is 1.54. The van der Waals surface area contributed by atoms with Crippen LogP contribution in [-0.4, -0.2) is 36.1 Å². The summed E-state index contributed by atoms with van der Waals surface area (Å²) in [6.45, 7) is 0. The van der Waals surface area contributed by atoms with E-state index in [1.807, 2.05) is 6.07 Å². The highest BCUT2D eigenvalue weighted by molar-refractivity contribution is 6.06. The number of ketones is 1.